The lowest BCUT2D eigenvalue weighted by Gasteiger charge is -2.13. The maximum atomic E-state index is 11.1. The third-order valence-corrected chi connectivity index (χ3v) is 2.58. The van der Waals surface area contributed by atoms with Crippen molar-refractivity contribution in [2.45, 2.75) is 25.7 Å². The fourth-order valence-electron chi connectivity index (χ4n) is 1.42. The molecule has 0 aliphatic carbocycles. The average molecular weight is 235 g/mol. The second-order valence-corrected chi connectivity index (χ2v) is 4.01. The number of carbonyl (C=O) groups is 1. The molecule has 0 fully saturated rings. The Morgan fingerprint density at radius 2 is 1.88 bits per heavy atom. The predicted molar refractivity (Wildman–Crippen MR) is 66.1 cm³/mol. The number of rotatable bonds is 5. The fourth-order valence-corrected chi connectivity index (χ4v) is 1.42. The summed E-state index contributed by atoms with van der Waals surface area (Å²) in [6.07, 6.45) is -1.16. The van der Waals surface area contributed by atoms with Gasteiger partial charge in [-0.2, -0.15) is 0 Å². The molecular formula is C13H17NO3. The quantitative estimate of drug-likeness (QED) is 0.511. The summed E-state index contributed by atoms with van der Waals surface area (Å²) < 4.78 is 0. The summed E-state index contributed by atoms with van der Waals surface area (Å²) in [5.41, 5.74) is 7.63. The van der Waals surface area contributed by atoms with Gasteiger partial charge in [-0.05, 0) is 24.5 Å². The molecule has 0 aliphatic heterocycles. The van der Waals surface area contributed by atoms with Crippen molar-refractivity contribution >= 4 is 11.4 Å². The number of aliphatic hydroxyl groups is 2. The Kier molecular flexibility index (Phi) is 4.57. The van der Waals surface area contributed by atoms with Gasteiger partial charge in [0.1, 0.15) is 0 Å². The van der Waals surface area contributed by atoms with E-state index < -0.39 is 12.3 Å². The van der Waals surface area contributed by atoms with Crippen molar-refractivity contribution in [3.8, 4) is 0 Å². The Labute approximate surface area is 100 Å². The van der Waals surface area contributed by atoms with E-state index >= 15 is 0 Å². The second kappa shape index (κ2) is 5.72. The van der Waals surface area contributed by atoms with Crippen LogP contribution in [-0.2, 0) is 11.2 Å². The lowest BCUT2D eigenvalue weighted by Crippen LogP contribution is -2.36. The predicted octanol–water partition coefficient (Wildman–Crippen LogP) is 0.469. The van der Waals surface area contributed by atoms with Crippen LogP contribution >= 0.6 is 0 Å². The molecule has 4 nitrogen and oxygen atoms in total. The molecule has 4 N–H and O–H groups in total. The molecule has 17 heavy (non-hydrogen) atoms. The number of Topliss-reactive ketones (excluding diaryl/α,β-unsaturated/α-hetero) is 1. The lowest BCUT2D eigenvalue weighted by molar-refractivity contribution is -0.111. The lowest BCUT2D eigenvalue weighted by atomic mass is 10.00. The normalized spacial score (nSPS) is 12.5. The summed E-state index contributed by atoms with van der Waals surface area (Å²) in [4.78, 5) is 11.1. The molecule has 92 valence electrons. The van der Waals surface area contributed by atoms with Crippen LogP contribution < -0.4 is 5.73 Å². The summed E-state index contributed by atoms with van der Waals surface area (Å²) in [7, 11) is 0. The molecule has 0 spiro atoms. The molecule has 0 heterocycles. The van der Waals surface area contributed by atoms with Gasteiger partial charge in [0.05, 0.1) is 6.04 Å². The number of carbonyl (C=O) groups excluding carboxylic acids is 1. The van der Waals surface area contributed by atoms with E-state index in [4.69, 9.17) is 15.9 Å². The van der Waals surface area contributed by atoms with E-state index in [1.807, 2.05) is 0 Å². The molecule has 1 aromatic carbocycles. The zero-order chi connectivity index (χ0) is 13.0. The molecule has 1 atom stereocenters. The van der Waals surface area contributed by atoms with Gasteiger partial charge in [0.15, 0.2) is 12.1 Å². The summed E-state index contributed by atoms with van der Waals surface area (Å²) in [5, 5.41) is 17.7. The maximum absolute atomic E-state index is 11.1. The van der Waals surface area contributed by atoms with Crippen molar-refractivity contribution in [3.05, 3.63) is 42.0 Å². The molecule has 1 rings (SSSR count). The van der Waals surface area contributed by atoms with Crippen LogP contribution in [0.4, 0.5) is 0 Å². The number of benzene rings is 1. The van der Waals surface area contributed by atoms with Crippen LogP contribution in [0.25, 0.3) is 5.57 Å². The molecular weight excluding hydrogens is 218 g/mol. The Balaban J connectivity index is 2.75. The third kappa shape index (κ3) is 3.78. The Bertz CT molecular complexity index is 409. The molecule has 0 unspecified atom stereocenters. The molecule has 0 aliphatic rings. The van der Waals surface area contributed by atoms with E-state index in [0.29, 0.717) is 12.0 Å². The minimum Gasteiger partial charge on any atom is -0.367 e. The van der Waals surface area contributed by atoms with Crippen LogP contribution in [0.5, 0.6) is 0 Å². The zero-order valence-corrected chi connectivity index (χ0v) is 9.76. The van der Waals surface area contributed by atoms with Crippen LogP contribution in [0.15, 0.2) is 30.8 Å². The number of aliphatic hydroxyl groups excluding tert-OH is 1. The highest BCUT2D eigenvalue weighted by molar-refractivity contribution is 6.18. The monoisotopic (exact) mass is 235 g/mol. The van der Waals surface area contributed by atoms with Gasteiger partial charge < -0.3 is 15.9 Å². The Morgan fingerprint density at radius 3 is 2.29 bits per heavy atom. The minimum absolute atomic E-state index is 0.0692. The SMILES string of the molecule is C=C(C(C)=O)c1ccc(C[C@H](N)C(O)O)cc1. The first-order valence-corrected chi connectivity index (χ1v) is 5.32. The molecule has 4 heteroatoms. The Morgan fingerprint density at radius 1 is 1.35 bits per heavy atom. The summed E-state index contributed by atoms with van der Waals surface area (Å²) in [6, 6.07) is 6.43. The number of nitrogens with two attached hydrogens (primary N) is 1. The topological polar surface area (TPSA) is 83.6 Å². The molecule has 0 saturated heterocycles. The van der Waals surface area contributed by atoms with Gasteiger partial charge >= 0.3 is 0 Å². The van der Waals surface area contributed by atoms with E-state index in [1.165, 1.54) is 6.92 Å². The first kappa shape index (κ1) is 13.6. The number of hydrogen-bond acceptors (Lipinski definition) is 4. The van der Waals surface area contributed by atoms with Gasteiger partial charge in [0.2, 0.25) is 0 Å². The van der Waals surface area contributed by atoms with Crippen molar-refractivity contribution in [3.63, 3.8) is 0 Å². The highest BCUT2D eigenvalue weighted by Crippen LogP contribution is 2.15. The van der Waals surface area contributed by atoms with Crippen molar-refractivity contribution in [1.82, 2.24) is 0 Å². The Hall–Kier alpha value is -1.49. The van der Waals surface area contributed by atoms with E-state index in [0.717, 1.165) is 11.1 Å². The largest absolute Gasteiger partial charge is 0.367 e. The van der Waals surface area contributed by atoms with Gasteiger partial charge in [0.25, 0.3) is 0 Å². The van der Waals surface area contributed by atoms with E-state index in [1.54, 1.807) is 24.3 Å². The number of hydrogen-bond donors (Lipinski definition) is 3. The van der Waals surface area contributed by atoms with Crippen molar-refractivity contribution < 1.29 is 15.0 Å². The van der Waals surface area contributed by atoms with Gasteiger partial charge in [-0.3, -0.25) is 4.79 Å². The zero-order valence-electron chi connectivity index (χ0n) is 9.76. The summed E-state index contributed by atoms with van der Waals surface area (Å²) in [6.45, 7) is 5.16. The second-order valence-electron chi connectivity index (χ2n) is 4.01. The maximum Gasteiger partial charge on any atom is 0.167 e. The highest BCUT2D eigenvalue weighted by Gasteiger charge is 2.12. The van der Waals surface area contributed by atoms with Crippen molar-refractivity contribution in [1.29, 1.82) is 0 Å². The van der Waals surface area contributed by atoms with Gasteiger partial charge in [-0.1, -0.05) is 30.8 Å². The molecule has 0 saturated carbocycles. The molecule has 0 amide bonds. The molecule has 0 radical (unpaired) electrons. The van der Waals surface area contributed by atoms with Crippen LogP contribution in [-0.4, -0.2) is 28.3 Å². The number of ketones is 1. The van der Waals surface area contributed by atoms with Crippen LogP contribution in [0.3, 0.4) is 0 Å². The molecule has 0 aromatic heterocycles. The van der Waals surface area contributed by atoms with Crippen LogP contribution in [0, 0.1) is 0 Å². The highest BCUT2D eigenvalue weighted by atomic mass is 16.5. The van der Waals surface area contributed by atoms with Crippen LogP contribution in [0.2, 0.25) is 0 Å². The number of allylic oxidation sites excluding steroid dienone is 1. The minimum atomic E-state index is -1.53. The molecule has 1 aromatic rings. The molecule has 0 bridgehead atoms. The van der Waals surface area contributed by atoms with Gasteiger partial charge in [-0.15, -0.1) is 0 Å². The summed E-state index contributed by atoms with van der Waals surface area (Å²) >= 11 is 0. The first-order chi connectivity index (χ1) is 7.91. The fraction of sp³-hybridized carbons (Fsp3) is 0.308. The third-order valence-electron chi connectivity index (χ3n) is 2.58. The van der Waals surface area contributed by atoms with Gasteiger partial charge in [0, 0.05) is 5.57 Å². The average Bonchev–Trinajstić information content (AvgIpc) is 2.28. The first-order valence-electron chi connectivity index (χ1n) is 5.32. The van der Waals surface area contributed by atoms with Gasteiger partial charge in [-0.25, -0.2) is 0 Å². The smallest absolute Gasteiger partial charge is 0.167 e. The summed E-state index contributed by atoms with van der Waals surface area (Å²) in [5.74, 6) is -0.0692. The van der Waals surface area contributed by atoms with Crippen molar-refractivity contribution in [2.75, 3.05) is 0 Å². The van der Waals surface area contributed by atoms with E-state index in [2.05, 4.69) is 6.58 Å². The van der Waals surface area contributed by atoms with Crippen LogP contribution in [0.1, 0.15) is 18.1 Å². The standard InChI is InChI=1S/C13H17NO3/c1-8(9(2)15)11-5-3-10(4-6-11)7-12(14)13(16)17/h3-6,12-13,16-17H,1,7,14H2,2H3/t12-/m0/s1. The van der Waals surface area contributed by atoms with E-state index in [9.17, 15) is 4.79 Å². The van der Waals surface area contributed by atoms with E-state index in [-0.39, 0.29) is 5.78 Å². The van der Waals surface area contributed by atoms with Crippen molar-refractivity contribution in [2.24, 2.45) is 5.73 Å².